The minimum absolute atomic E-state index is 0.119. The number of halogens is 3. The van der Waals surface area contributed by atoms with Crippen molar-refractivity contribution in [1.29, 1.82) is 0 Å². The first kappa shape index (κ1) is 20.3. The van der Waals surface area contributed by atoms with Gasteiger partial charge in [-0.3, -0.25) is 4.79 Å². The Hall–Kier alpha value is -3.42. The molecule has 0 unspecified atom stereocenters. The van der Waals surface area contributed by atoms with Gasteiger partial charge in [0.1, 0.15) is 5.82 Å². The van der Waals surface area contributed by atoms with E-state index in [1.165, 1.54) is 18.3 Å². The van der Waals surface area contributed by atoms with Crippen LogP contribution in [0.4, 0.5) is 13.2 Å². The SMILES string of the molecule is Cc1ccc(-n2c(C)cc(/C=N\NC(=O)c3cccc(C(F)(F)F)c3)c2C)nc1. The number of carbonyl (C=O) groups excluding carboxylic acids is 1. The summed E-state index contributed by atoms with van der Waals surface area (Å²) < 4.78 is 40.3. The summed E-state index contributed by atoms with van der Waals surface area (Å²) in [6, 6.07) is 9.94. The standard InChI is InChI=1S/C21H19F3N4O/c1-13-7-8-19(25-11-13)28-14(2)9-17(15(28)3)12-26-27-20(29)16-5-4-6-18(10-16)21(22,23)24/h4-12H,1-3H3,(H,27,29)/b26-12-. The Morgan fingerprint density at radius 3 is 2.55 bits per heavy atom. The topological polar surface area (TPSA) is 59.3 Å². The molecule has 1 aromatic carbocycles. The molecule has 2 heterocycles. The molecule has 0 aliphatic heterocycles. The highest BCUT2D eigenvalue weighted by Gasteiger charge is 2.30. The van der Waals surface area contributed by atoms with Crippen molar-refractivity contribution in [1.82, 2.24) is 15.0 Å². The van der Waals surface area contributed by atoms with Gasteiger partial charge in [-0.1, -0.05) is 12.1 Å². The summed E-state index contributed by atoms with van der Waals surface area (Å²) in [6.45, 7) is 5.77. The number of pyridine rings is 1. The number of aromatic nitrogens is 2. The Morgan fingerprint density at radius 2 is 1.90 bits per heavy atom. The van der Waals surface area contributed by atoms with E-state index < -0.39 is 17.6 Å². The third-order valence-electron chi connectivity index (χ3n) is 4.42. The van der Waals surface area contributed by atoms with Crippen molar-refractivity contribution in [2.75, 3.05) is 0 Å². The summed E-state index contributed by atoms with van der Waals surface area (Å²) in [5, 5.41) is 3.89. The lowest BCUT2D eigenvalue weighted by Gasteiger charge is -2.08. The molecule has 0 saturated carbocycles. The smallest absolute Gasteiger partial charge is 0.303 e. The number of aryl methyl sites for hydroxylation is 2. The summed E-state index contributed by atoms with van der Waals surface area (Å²) in [7, 11) is 0. The molecule has 3 rings (SSSR count). The van der Waals surface area contributed by atoms with Crippen molar-refractivity contribution >= 4 is 12.1 Å². The molecule has 5 nitrogen and oxygen atoms in total. The van der Waals surface area contributed by atoms with E-state index in [4.69, 9.17) is 0 Å². The second-order valence-electron chi connectivity index (χ2n) is 6.63. The van der Waals surface area contributed by atoms with Crippen molar-refractivity contribution < 1.29 is 18.0 Å². The van der Waals surface area contributed by atoms with Crippen molar-refractivity contribution in [3.05, 3.63) is 82.3 Å². The fraction of sp³-hybridized carbons (Fsp3) is 0.190. The average Bonchev–Trinajstić information content (AvgIpc) is 2.95. The van der Waals surface area contributed by atoms with Gasteiger partial charge in [-0.05, 0) is 56.7 Å². The third-order valence-corrected chi connectivity index (χ3v) is 4.42. The van der Waals surface area contributed by atoms with E-state index in [0.717, 1.165) is 40.5 Å². The number of nitrogens with zero attached hydrogens (tertiary/aromatic N) is 3. The number of benzene rings is 1. The molecule has 0 aliphatic rings. The Morgan fingerprint density at radius 1 is 1.14 bits per heavy atom. The first-order valence-electron chi connectivity index (χ1n) is 8.79. The molecule has 0 spiro atoms. The van der Waals surface area contributed by atoms with Gasteiger partial charge in [-0.25, -0.2) is 10.4 Å². The maximum Gasteiger partial charge on any atom is 0.416 e. The molecule has 150 valence electrons. The second kappa shape index (κ2) is 7.90. The van der Waals surface area contributed by atoms with Crippen LogP contribution >= 0.6 is 0 Å². The van der Waals surface area contributed by atoms with Crippen molar-refractivity contribution in [2.24, 2.45) is 5.10 Å². The van der Waals surface area contributed by atoms with Crippen molar-refractivity contribution in [2.45, 2.75) is 26.9 Å². The van der Waals surface area contributed by atoms with Crippen LogP contribution in [0.25, 0.3) is 5.82 Å². The predicted octanol–water partition coefficient (Wildman–Crippen LogP) is 4.58. The molecule has 29 heavy (non-hydrogen) atoms. The molecule has 0 saturated heterocycles. The van der Waals surface area contributed by atoms with Crippen LogP contribution in [0.3, 0.4) is 0 Å². The zero-order valence-corrected chi connectivity index (χ0v) is 16.1. The number of rotatable bonds is 4. The van der Waals surface area contributed by atoms with Crippen LogP contribution in [0.15, 0.2) is 53.8 Å². The minimum Gasteiger partial charge on any atom is -0.303 e. The molecule has 1 amide bonds. The van der Waals surface area contributed by atoms with Crippen LogP contribution in [0, 0.1) is 20.8 Å². The van der Waals surface area contributed by atoms with E-state index in [2.05, 4.69) is 15.5 Å². The van der Waals surface area contributed by atoms with Crippen LogP contribution in [0.5, 0.6) is 0 Å². The highest BCUT2D eigenvalue weighted by Crippen LogP contribution is 2.29. The van der Waals surface area contributed by atoms with Crippen molar-refractivity contribution in [3.8, 4) is 5.82 Å². The van der Waals surface area contributed by atoms with Gasteiger partial charge in [0.2, 0.25) is 0 Å². The summed E-state index contributed by atoms with van der Waals surface area (Å²) in [4.78, 5) is 16.5. The molecule has 0 fully saturated rings. The van der Waals surface area contributed by atoms with Crippen LogP contribution in [0.1, 0.15) is 38.4 Å². The largest absolute Gasteiger partial charge is 0.416 e. The molecular weight excluding hydrogens is 381 g/mol. The number of hydrogen-bond acceptors (Lipinski definition) is 3. The zero-order chi connectivity index (χ0) is 21.2. The summed E-state index contributed by atoms with van der Waals surface area (Å²) in [6.07, 6.45) is -1.28. The predicted molar refractivity (Wildman–Crippen MR) is 104 cm³/mol. The number of carbonyl (C=O) groups is 1. The molecule has 1 N–H and O–H groups in total. The number of nitrogens with one attached hydrogen (secondary N) is 1. The first-order valence-corrected chi connectivity index (χ1v) is 8.79. The molecule has 0 atom stereocenters. The van der Waals surface area contributed by atoms with Gasteiger partial charge < -0.3 is 4.57 Å². The highest BCUT2D eigenvalue weighted by molar-refractivity contribution is 5.95. The van der Waals surface area contributed by atoms with E-state index in [9.17, 15) is 18.0 Å². The molecule has 2 aromatic heterocycles. The maximum atomic E-state index is 12.8. The van der Waals surface area contributed by atoms with E-state index >= 15 is 0 Å². The summed E-state index contributed by atoms with van der Waals surface area (Å²) in [5.74, 6) is 0.0413. The van der Waals surface area contributed by atoms with Crippen LogP contribution in [-0.2, 0) is 6.18 Å². The third kappa shape index (κ3) is 4.53. The molecule has 8 heteroatoms. The number of amides is 1. The first-order chi connectivity index (χ1) is 13.7. The molecule has 0 bridgehead atoms. The fourth-order valence-electron chi connectivity index (χ4n) is 2.92. The lowest BCUT2D eigenvalue weighted by atomic mass is 10.1. The second-order valence-corrected chi connectivity index (χ2v) is 6.63. The highest BCUT2D eigenvalue weighted by atomic mass is 19.4. The number of alkyl halides is 3. The fourth-order valence-corrected chi connectivity index (χ4v) is 2.92. The van der Waals surface area contributed by atoms with Crippen molar-refractivity contribution in [3.63, 3.8) is 0 Å². The monoisotopic (exact) mass is 400 g/mol. The molecule has 0 aliphatic carbocycles. The Kier molecular flexibility index (Phi) is 5.54. The van der Waals surface area contributed by atoms with Gasteiger partial charge >= 0.3 is 6.18 Å². The molecule has 3 aromatic rings. The quantitative estimate of drug-likeness (QED) is 0.515. The minimum atomic E-state index is -4.51. The van der Waals surface area contributed by atoms with Gasteiger partial charge in [0.25, 0.3) is 5.91 Å². The van der Waals surface area contributed by atoms with E-state index in [1.54, 1.807) is 6.20 Å². The molecule has 0 radical (unpaired) electrons. The number of hydrazone groups is 1. The van der Waals surface area contributed by atoms with Crippen LogP contribution in [0.2, 0.25) is 0 Å². The average molecular weight is 400 g/mol. The Labute approximate surface area is 165 Å². The van der Waals surface area contributed by atoms with E-state index in [-0.39, 0.29) is 5.56 Å². The van der Waals surface area contributed by atoms with Gasteiger partial charge in [0.05, 0.1) is 11.8 Å². The lowest BCUT2D eigenvalue weighted by Crippen LogP contribution is -2.18. The normalized spacial score (nSPS) is 11.8. The molecular formula is C21H19F3N4O. The van der Waals surface area contributed by atoms with E-state index in [0.29, 0.717) is 0 Å². The van der Waals surface area contributed by atoms with E-state index in [1.807, 2.05) is 43.5 Å². The Bertz CT molecular complexity index is 1070. The zero-order valence-electron chi connectivity index (χ0n) is 16.1. The summed E-state index contributed by atoms with van der Waals surface area (Å²) in [5.41, 5.74) is 4.88. The number of hydrogen-bond donors (Lipinski definition) is 1. The van der Waals surface area contributed by atoms with Gasteiger partial charge in [0.15, 0.2) is 0 Å². The lowest BCUT2D eigenvalue weighted by molar-refractivity contribution is -0.137. The van der Waals surface area contributed by atoms with Gasteiger partial charge in [-0.2, -0.15) is 18.3 Å². The van der Waals surface area contributed by atoms with Crippen LogP contribution in [-0.4, -0.2) is 21.7 Å². The Balaban J connectivity index is 1.77. The maximum absolute atomic E-state index is 12.8. The van der Waals surface area contributed by atoms with Gasteiger partial charge in [0, 0.05) is 28.7 Å². The van der Waals surface area contributed by atoms with Crippen LogP contribution < -0.4 is 5.43 Å². The van der Waals surface area contributed by atoms with Gasteiger partial charge in [-0.15, -0.1) is 0 Å². The summed E-state index contributed by atoms with van der Waals surface area (Å²) >= 11 is 0.